The molecular weight excluding hydrogens is 850 g/mol. The van der Waals surface area contributed by atoms with Gasteiger partial charge >= 0.3 is 0 Å². The monoisotopic (exact) mass is 900 g/mol. The summed E-state index contributed by atoms with van der Waals surface area (Å²) in [6, 6.07) is 23.7. The molecule has 2 aliphatic carbocycles. The molecule has 5 aromatic rings. The lowest BCUT2D eigenvalue weighted by Crippen LogP contribution is -2.47. The number of allylic oxidation sites excluding steroid dienone is 1. The second kappa shape index (κ2) is 17.9. The summed E-state index contributed by atoms with van der Waals surface area (Å²) in [6.45, 7) is 8.57. The van der Waals surface area contributed by atoms with Crippen molar-refractivity contribution in [2.24, 2.45) is 5.41 Å². The maximum atomic E-state index is 14.0. The normalized spacial score (nSPS) is 18.3. The molecule has 2 heterocycles. The molecule has 0 spiro atoms. The lowest BCUT2D eigenvalue weighted by atomic mass is 9.72. The molecule has 1 aliphatic heterocycles. The lowest BCUT2D eigenvalue weighted by molar-refractivity contribution is -0.111. The number of hydrogen-bond donors (Lipinski definition) is 4. The number of sulfonamides is 1. The Hall–Kier alpha value is -5.48. The van der Waals surface area contributed by atoms with Crippen LogP contribution in [-0.4, -0.2) is 80.5 Å². The largest absolute Gasteiger partial charge is 0.456 e. The van der Waals surface area contributed by atoms with Crippen molar-refractivity contribution < 1.29 is 36.7 Å². The Morgan fingerprint density at radius 2 is 1.71 bits per heavy atom. The number of aromatic amines is 1. The number of nitrogens with one attached hydrogen (secondary N) is 3. The van der Waals surface area contributed by atoms with Gasteiger partial charge in [-0.25, -0.2) is 21.9 Å². The number of fused-ring (bicyclic) bond motifs is 1. The van der Waals surface area contributed by atoms with Crippen molar-refractivity contribution >= 4 is 67.5 Å². The Kier molecular flexibility index (Phi) is 12.6. The number of aromatic nitrogens is 1. The van der Waals surface area contributed by atoms with Crippen LogP contribution in [0.2, 0.25) is 5.02 Å². The molecule has 4 N–H and O–H groups in total. The van der Waals surface area contributed by atoms with E-state index >= 15 is 0 Å². The molecule has 4 aromatic carbocycles. The number of anilines is 3. The molecule has 1 aromatic heterocycles. The van der Waals surface area contributed by atoms with E-state index in [0.717, 1.165) is 66.6 Å². The summed E-state index contributed by atoms with van der Waals surface area (Å²) in [7, 11) is -4.59. The summed E-state index contributed by atoms with van der Waals surface area (Å²) in [5.74, 6) is -3.16. The van der Waals surface area contributed by atoms with Crippen LogP contribution in [-0.2, 0) is 14.8 Å². The van der Waals surface area contributed by atoms with Gasteiger partial charge in [-0.2, -0.15) is 5.06 Å². The van der Waals surface area contributed by atoms with E-state index in [1.807, 2.05) is 30.3 Å². The van der Waals surface area contributed by atoms with Gasteiger partial charge in [-0.3, -0.25) is 19.7 Å². The molecule has 3 aliphatic rings. The average molecular weight is 901 g/mol. The van der Waals surface area contributed by atoms with Crippen LogP contribution in [0.5, 0.6) is 11.5 Å². The molecule has 0 atom stereocenters. The molecule has 0 unspecified atom stereocenters. The minimum atomic E-state index is -4.59. The number of rotatable bonds is 13. The van der Waals surface area contributed by atoms with E-state index in [0.29, 0.717) is 18.8 Å². The Morgan fingerprint density at radius 1 is 0.968 bits per heavy atom. The van der Waals surface area contributed by atoms with Crippen LogP contribution in [0.25, 0.3) is 16.5 Å². The van der Waals surface area contributed by atoms with Crippen LogP contribution >= 0.6 is 11.6 Å². The molecule has 1 saturated carbocycles. The van der Waals surface area contributed by atoms with E-state index in [2.05, 4.69) is 50.8 Å². The van der Waals surface area contributed by atoms with Crippen LogP contribution < -0.4 is 24.7 Å². The zero-order chi connectivity index (χ0) is 44.5. The maximum Gasteiger partial charge on any atom is 0.268 e. The number of amides is 2. The molecule has 16 heteroatoms. The van der Waals surface area contributed by atoms with E-state index in [9.17, 15) is 32.0 Å². The Labute approximate surface area is 370 Å². The van der Waals surface area contributed by atoms with Crippen molar-refractivity contribution in [3.63, 3.8) is 0 Å². The minimum absolute atomic E-state index is 0.0405. The van der Waals surface area contributed by atoms with Gasteiger partial charge in [0.25, 0.3) is 15.9 Å². The van der Waals surface area contributed by atoms with E-state index in [1.54, 1.807) is 24.4 Å². The van der Waals surface area contributed by atoms with Gasteiger partial charge < -0.3 is 19.9 Å². The van der Waals surface area contributed by atoms with E-state index < -0.39 is 32.8 Å². The number of carbonyl (C=O) groups is 2. The van der Waals surface area contributed by atoms with Gasteiger partial charge in [0.1, 0.15) is 11.5 Å². The van der Waals surface area contributed by atoms with Crippen molar-refractivity contribution in [3.05, 3.63) is 113 Å². The Balaban J connectivity index is 1.01. The number of alkyl halides is 2. The zero-order valence-electron chi connectivity index (χ0n) is 35.2. The molecule has 0 bridgehead atoms. The van der Waals surface area contributed by atoms with Gasteiger partial charge in [0.2, 0.25) is 12.3 Å². The van der Waals surface area contributed by atoms with Crippen LogP contribution in [0.3, 0.4) is 0 Å². The van der Waals surface area contributed by atoms with Crippen molar-refractivity contribution in [2.75, 3.05) is 48.0 Å². The van der Waals surface area contributed by atoms with Crippen LogP contribution in [0.1, 0.15) is 74.7 Å². The van der Waals surface area contributed by atoms with Gasteiger partial charge in [-0.05, 0) is 115 Å². The first-order valence-corrected chi connectivity index (χ1v) is 23.0. The first kappa shape index (κ1) is 44.1. The molecule has 12 nitrogen and oxygen atoms in total. The third-order valence-electron chi connectivity index (χ3n) is 12.4. The molecule has 1 saturated heterocycles. The molecule has 332 valence electrons. The fourth-order valence-corrected chi connectivity index (χ4v) is 9.90. The summed E-state index contributed by atoms with van der Waals surface area (Å²) < 4.78 is 63.6. The number of halogens is 3. The smallest absolute Gasteiger partial charge is 0.268 e. The number of piperazine rings is 1. The van der Waals surface area contributed by atoms with Gasteiger partial charge in [0.05, 0.1) is 21.8 Å². The van der Waals surface area contributed by atoms with Crippen LogP contribution in [0.15, 0.2) is 102 Å². The van der Waals surface area contributed by atoms with Crippen LogP contribution in [0, 0.1) is 5.41 Å². The third kappa shape index (κ3) is 10.3. The molecule has 8 rings (SSSR count). The fraction of sp³-hybridized carbons (Fsp3) is 0.362. The predicted molar refractivity (Wildman–Crippen MR) is 242 cm³/mol. The fourth-order valence-electron chi connectivity index (χ4n) is 8.79. The molecule has 2 fully saturated rings. The molecule has 63 heavy (non-hydrogen) atoms. The highest BCUT2D eigenvalue weighted by Gasteiger charge is 2.35. The summed E-state index contributed by atoms with van der Waals surface area (Å²) in [5.41, 5.74) is 5.88. The van der Waals surface area contributed by atoms with Gasteiger partial charge in [0, 0.05) is 85.5 Å². The topological polar surface area (TPSA) is 147 Å². The zero-order valence-corrected chi connectivity index (χ0v) is 36.7. The quantitative estimate of drug-likeness (QED) is 0.0515. The Bertz CT molecular complexity index is 2640. The first-order chi connectivity index (χ1) is 30.0. The summed E-state index contributed by atoms with van der Waals surface area (Å²) >= 11 is 6.24. The summed E-state index contributed by atoms with van der Waals surface area (Å²) in [5, 5.41) is 15.2. The number of benzene rings is 4. The number of hydrogen-bond acceptors (Lipinski definition) is 9. The van der Waals surface area contributed by atoms with Crippen molar-refractivity contribution in [2.45, 2.75) is 75.7 Å². The van der Waals surface area contributed by atoms with Gasteiger partial charge in [-0.1, -0.05) is 43.2 Å². The molecular formula is C47H51ClF2N6O6S. The summed E-state index contributed by atoms with van der Waals surface area (Å²) in [4.78, 5) is 33.0. The number of carbonyl (C=O) groups excluding carboxylic acids is 2. The Morgan fingerprint density at radius 3 is 2.44 bits per heavy atom. The van der Waals surface area contributed by atoms with E-state index in [4.69, 9.17) is 16.3 Å². The standard InChI is InChI=1S/C47H51ClF2N6O6S/c1-46(2)17-13-33(40(28-46)31-3-5-34(48)6-4-31)29-54-21-23-55(24-22-54)36-7-10-39(44(26-36)62-37-8-11-41-32(25-37)16-20-51-41)45(58)53-63(60,61)38-9-12-42(43(27-38)56(59)30-57)52-35-14-18-47(49,50)19-15-35/h3-12,16,20,25-27,30,35,51-52,59H,13-15,17-19,21-24,28-29H2,1-2H3,(H,53,58). The molecule has 0 radical (unpaired) electrons. The van der Waals surface area contributed by atoms with Gasteiger partial charge in [0.15, 0.2) is 0 Å². The minimum Gasteiger partial charge on any atom is -0.456 e. The van der Waals surface area contributed by atoms with Gasteiger partial charge in [-0.15, -0.1) is 0 Å². The summed E-state index contributed by atoms with van der Waals surface area (Å²) in [6.07, 6.45) is 4.66. The van der Waals surface area contributed by atoms with Crippen molar-refractivity contribution in [1.29, 1.82) is 0 Å². The van der Waals surface area contributed by atoms with Crippen molar-refractivity contribution in [1.82, 2.24) is 14.6 Å². The highest BCUT2D eigenvalue weighted by molar-refractivity contribution is 7.90. The SMILES string of the molecule is CC1(C)CCC(CN2CCN(c3ccc(C(=O)NS(=O)(=O)c4ccc(NC5CCC(F)(F)CC5)c(N(O)C=O)c4)c(Oc4ccc5[nH]ccc5c4)c3)CC2)=C(c2ccc(Cl)cc2)C1. The maximum absolute atomic E-state index is 14.0. The third-order valence-corrected chi connectivity index (χ3v) is 14.0. The number of hydroxylamine groups is 1. The van der Waals surface area contributed by atoms with E-state index in [-0.39, 0.29) is 65.3 Å². The number of H-pyrrole nitrogens is 1. The lowest BCUT2D eigenvalue weighted by Gasteiger charge is -2.39. The first-order valence-electron chi connectivity index (χ1n) is 21.2. The number of nitrogens with zero attached hydrogens (tertiary/aromatic N) is 3. The highest BCUT2D eigenvalue weighted by Crippen LogP contribution is 2.44. The highest BCUT2D eigenvalue weighted by atomic mass is 35.5. The van der Waals surface area contributed by atoms with E-state index in [1.165, 1.54) is 34.9 Å². The molecule has 2 amide bonds. The van der Waals surface area contributed by atoms with Crippen LogP contribution in [0.4, 0.5) is 25.8 Å². The second-order valence-corrected chi connectivity index (χ2v) is 19.7. The second-order valence-electron chi connectivity index (χ2n) is 17.5. The van der Waals surface area contributed by atoms with Crippen molar-refractivity contribution in [3.8, 4) is 11.5 Å². The average Bonchev–Trinajstić information content (AvgIpc) is 3.73. The number of ether oxygens (including phenoxy) is 1. The predicted octanol–water partition coefficient (Wildman–Crippen LogP) is 9.86.